The molecule has 0 spiro atoms. The molecule has 3 aromatic rings. The van der Waals surface area contributed by atoms with Gasteiger partial charge in [-0.1, -0.05) is 0 Å². The van der Waals surface area contributed by atoms with Crippen molar-refractivity contribution in [1.82, 2.24) is 29.5 Å². The van der Waals surface area contributed by atoms with E-state index in [4.69, 9.17) is 9.72 Å². The number of likely N-dealkylation sites (tertiary alicyclic amines) is 1. The summed E-state index contributed by atoms with van der Waals surface area (Å²) in [7, 11) is 5.85. The van der Waals surface area contributed by atoms with Crippen LogP contribution < -0.4 is 4.74 Å². The highest BCUT2D eigenvalue weighted by molar-refractivity contribution is 5.95. The first kappa shape index (κ1) is 21.3. The number of hydrogen-bond acceptors (Lipinski definition) is 6. The standard InChI is InChI=1S/C26H30N6O2/c1-30(2)19-10-11-31(15-19)25(33)22-14-28-32(24(22)16-4-5-16)26-27-13-18-7-6-17-12-20(34-3)8-9-21(17)23(18)29-26/h8-9,12-14,16,19H,4-7,10-11,15H2,1-3H3/t19-/m1/s1. The number of ether oxygens (including phenoxy) is 1. The summed E-state index contributed by atoms with van der Waals surface area (Å²) >= 11 is 0. The Bertz CT molecular complexity index is 1260. The van der Waals surface area contributed by atoms with Crippen molar-refractivity contribution >= 4 is 5.91 Å². The van der Waals surface area contributed by atoms with Crippen molar-refractivity contribution in [2.45, 2.75) is 44.1 Å². The van der Waals surface area contributed by atoms with Crippen LogP contribution in [0.25, 0.3) is 17.2 Å². The van der Waals surface area contributed by atoms with Crippen LogP contribution in [0.4, 0.5) is 0 Å². The van der Waals surface area contributed by atoms with Crippen molar-refractivity contribution < 1.29 is 9.53 Å². The number of aromatic nitrogens is 4. The summed E-state index contributed by atoms with van der Waals surface area (Å²) in [5, 5.41) is 4.64. The minimum absolute atomic E-state index is 0.0768. The number of hydrogen-bond donors (Lipinski definition) is 0. The van der Waals surface area contributed by atoms with Crippen molar-refractivity contribution in [3.05, 3.63) is 53.0 Å². The number of aryl methyl sites for hydroxylation is 2. The van der Waals surface area contributed by atoms with Gasteiger partial charge in [0.05, 0.1) is 30.3 Å². The van der Waals surface area contributed by atoms with Gasteiger partial charge in [-0.05, 0) is 75.5 Å². The molecule has 3 aliphatic rings. The highest BCUT2D eigenvalue weighted by atomic mass is 16.5. The van der Waals surface area contributed by atoms with Crippen molar-refractivity contribution in [3.8, 4) is 23.0 Å². The average Bonchev–Trinajstić information content (AvgIpc) is 3.40. The van der Waals surface area contributed by atoms with Crippen LogP contribution >= 0.6 is 0 Å². The van der Waals surface area contributed by atoms with Crippen LogP contribution in [0.1, 0.15) is 52.4 Å². The number of nitrogens with zero attached hydrogens (tertiary/aromatic N) is 6. The number of benzene rings is 1. The summed E-state index contributed by atoms with van der Waals surface area (Å²) in [5.41, 5.74) is 6.11. The molecule has 1 amide bonds. The second-order valence-corrected chi connectivity index (χ2v) is 9.85. The molecule has 8 nitrogen and oxygen atoms in total. The molecule has 2 aliphatic carbocycles. The molecule has 8 heteroatoms. The Morgan fingerprint density at radius 1 is 1.12 bits per heavy atom. The Kier molecular flexibility index (Phi) is 5.13. The summed E-state index contributed by atoms with van der Waals surface area (Å²) in [4.78, 5) is 27.3. The van der Waals surface area contributed by atoms with E-state index >= 15 is 0 Å². The van der Waals surface area contributed by atoms with Gasteiger partial charge in [-0.3, -0.25) is 4.79 Å². The summed E-state index contributed by atoms with van der Waals surface area (Å²) in [6.07, 6.45) is 8.63. The molecule has 2 aromatic heterocycles. The number of likely N-dealkylation sites (N-methyl/N-ethyl adjacent to an activating group) is 1. The van der Waals surface area contributed by atoms with Crippen LogP contribution in [0.3, 0.4) is 0 Å². The van der Waals surface area contributed by atoms with E-state index in [0.717, 1.165) is 73.5 Å². The van der Waals surface area contributed by atoms with Gasteiger partial charge < -0.3 is 14.5 Å². The normalized spacial score (nSPS) is 19.3. The molecule has 0 bridgehead atoms. The molecule has 1 aliphatic heterocycles. The Morgan fingerprint density at radius 3 is 2.68 bits per heavy atom. The number of rotatable bonds is 5. The topological polar surface area (TPSA) is 76.4 Å². The smallest absolute Gasteiger partial charge is 0.257 e. The van der Waals surface area contributed by atoms with Gasteiger partial charge in [-0.25, -0.2) is 14.6 Å². The second kappa shape index (κ2) is 8.20. The predicted molar refractivity (Wildman–Crippen MR) is 129 cm³/mol. The Balaban J connectivity index is 1.37. The van der Waals surface area contributed by atoms with Gasteiger partial charge in [0.2, 0.25) is 0 Å². The molecule has 2 fully saturated rings. The Morgan fingerprint density at radius 2 is 1.94 bits per heavy atom. The van der Waals surface area contributed by atoms with E-state index in [-0.39, 0.29) is 5.91 Å². The third-order valence-electron chi connectivity index (χ3n) is 7.45. The number of amides is 1. The minimum atomic E-state index is 0.0768. The average molecular weight is 459 g/mol. The first-order valence-corrected chi connectivity index (χ1v) is 12.1. The zero-order chi connectivity index (χ0) is 23.4. The molecule has 1 aromatic carbocycles. The van der Waals surface area contributed by atoms with E-state index in [1.807, 2.05) is 21.8 Å². The molecule has 1 atom stereocenters. The van der Waals surface area contributed by atoms with E-state index in [2.05, 4.69) is 41.2 Å². The molecule has 6 rings (SSSR count). The van der Waals surface area contributed by atoms with Crippen LogP contribution in [0.15, 0.2) is 30.6 Å². The monoisotopic (exact) mass is 458 g/mol. The van der Waals surface area contributed by atoms with Gasteiger partial charge in [0.25, 0.3) is 11.9 Å². The van der Waals surface area contributed by atoms with Crippen molar-refractivity contribution in [2.75, 3.05) is 34.3 Å². The zero-order valence-corrected chi connectivity index (χ0v) is 20.0. The lowest BCUT2D eigenvalue weighted by atomic mass is 9.90. The third kappa shape index (κ3) is 3.57. The fourth-order valence-electron chi connectivity index (χ4n) is 5.27. The van der Waals surface area contributed by atoms with Crippen molar-refractivity contribution in [1.29, 1.82) is 0 Å². The summed E-state index contributed by atoms with van der Waals surface area (Å²) in [6, 6.07) is 6.56. The van der Waals surface area contributed by atoms with E-state index in [0.29, 0.717) is 23.5 Å². The van der Waals surface area contributed by atoms with E-state index in [1.165, 1.54) is 5.56 Å². The van der Waals surface area contributed by atoms with Gasteiger partial charge in [0, 0.05) is 36.8 Å². The van der Waals surface area contributed by atoms with E-state index in [9.17, 15) is 4.79 Å². The van der Waals surface area contributed by atoms with Crippen LogP contribution in [0, 0.1) is 0 Å². The van der Waals surface area contributed by atoms with Crippen molar-refractivity contribution in [3.63, 3.8) is 0 Å². The number of fused-ring (bicyclic) bond motifs is 3. The lowest BCUT2D eigenvalue weighted by Gasteiger charge is -2.21. The Labute approximate surface area is 199 Å². The fraction of sp³-hybridized carbons (Fsp3) is 0.462. The molecular formula is C26H30N6O2. The fourth-order valence-corrected chi connectivity index (χ4v) is 5.27. The van der Waals surface area contributed by atoms with E-state index < -0.39 is 0 Å². The maximum atomic E-state index is 13.5. The van der Waals surface area contributed by atoms with Crippen LogP contribution in [0.2, 0.25) is 0 Å². The predicted octanol–water partition coefficient (Wildman–Crippen LogP) is 3.09. The van der Waals surface area contributed by atoms with E-state index in [1.54, 1.807) is 13.3 Å². The lowest BCUT2D eigenvalue weighted by molar-refractivity contribution is 0.0782. The van der Waals surface area contributed by atoms with Gasteiger partial charge >= 0.3 is 0 Å². The molecule has 1 saturated heterocycles. The van der Waals surface area contributed by atoms with Crippen LogP contribution in [0.5, 0.6) is 5.75 Å². The van der Waals surface area contributed by atoms with Crippen molar-refractivity contribution in [2.24, 2.45) is 0 Å². The van der Waals surface area contributed by atoms with Crippen LogP contribution in [-0.4, -0.2) is 75.8 Å². The SMILES string of the molecule is COc1ccc2c(c1)CCc1cnc(-n3ncc(C(=O)N4CC[C@@H](N(C)C)C4)c3C3CC3)nc1-2. The molecule has 3 heterocycles. The maximum Gasteiger partial charge on any atom is 0.257 e. The first-order valence-electron chi connectivity index (χ1n) is 12.1. The molecule has 0 N–H and O–H groups in total. The summed E-state index contributed by atoms with van der Waals surface area (Å²) in [5.74, 6) is 1.81. The molecular weight excluding hydrogens is 428 g/mol. The number of carbonyl (C=O) groups is 1. The molecule has 0 unspecified atom stereocenters. The lowest BCUT2D eigenvalue weighted by Crippen LogP contribution is -2.34. The zero-order valence-electron chi connectivity index (χ0n) is 20.0. The third-order valence-corrected chi connectivity index (χ3v) is 7.45. The van der Waals surface area contributed by atoms with Gasteiger partial charge in [-0.15, -0.1) is 0 Å². The molecule has 34 heavy (non-hydrogen) atoms. The molecule has 1 saturated carbocycles. The number of carbonyl (C=O) groups excluding carboxylic acids is 1. The quantitative estimate of drug-likeness (QED) is 0.585. The van der Waals surface area contributed by atoms with Gasteiger partial charge in [-0.2, -0.15) is 5.10 Å². The number of methoxy groups -OCH3 is 1. The molecule has 0 radical (unpaired) electrons. The van der Waals surface area contributed by atoms with Crippen LogP contribution in [-0.2, 0) is 12.8 Å². The summed E-state index contributed by atoms with van der Waals surface area (Å²) in [6.45, 7) is 1.54. The first-order chi connectivity index (χ1) is 16.5. The highest BCUT2D eigenvalue weighted by Gasteiger charge is 2.37. The second-order valence-electron chi connectivity index (χ2n) is 9.85. The minimum Gasteiger partial charge on any atom is -0.497 e. The largest absolute Gasteiger partial charge is 0.497 e. The molecule has 176 valence electrons. The Hall–Kier alpha value is -3.26. The van der Waals surface area contributed by atoms with Gasteiger partial charge in [0.15, 0.2) is 0 Å². The van der Waals surface area contributed by atoms with Gasteiger partial charge in [0.1, 0.15) is 5.75 Å². The highest BCUT2D eigenvalue weighted by Crippen LogP contribution is 2.43. The summed E-state index contributed by atoms with van der Waals surface area (Å²) < 4.78 is 7.22. The maximum absolute atomic E-state index is 13.5.